The standard InChI is InChI=1S/C16H21N3O2/c20-12-14-8-4-5-9-19(14)11-16-17-15(18-21-16)10-13-6-2-1-3-7-13/h1-3,6-7,14,20H,4-5,8-12H2/t14-/m0/s1. The topological polar surface area (TPSA) is 62.4 Å². The molecule has 3 rings (SSSR count). The first kappa shape index (κ1) is 14.2. The molecule has 1 aromatic heterocycles. The molecule has 5 nitrogen and oxygen atoms in total. The van der Waals surface area contributed by atoms with Gasteiger partial charge < -0.3 is 9.63 Å². The van der Waals surface area contributed by atoms with Gasteiger partial charge >= 0.3 is 0 Å². The third-order valence-electron chi connectivity index (χ3n) is 4.01. The minimum absolute atomic E-state index is 0.199. The smallest absolute Gasteiger partial charge is 0.240 e. The van der Waals surface area contributed by atoms with Gasteiger partial charge in [-0.2, -0.15) is 4.98 Å². The highest BCUT2D eigenvalue weighted by molar-refractivity contribution is 5.18. The molecule has 0 aliphatic carbocycles. The molecule has 0 amide bonds. The van der Waals surface area contributed by atoms with Crippen LogP contribution in [-0.4, -0.2) is 39.3 Å². The summed E-state index contributed by atoms with van der Waals surface area (Å²) in [5, 5.41) is 13.5. The van der Waals surface area contributed by atoms with Crippen molar-refractivity contribution in [3.8, 4) is 0 Å². The average molecular weight is 287 g/mol. The van der Waals surface area contributed by atoms with Gasteiger partial charge in [0.2, 0.25) is 5.89 Å². The predicted octanol–water partition coefficient (Wildman–Crippen LogP) is 2.01. The molecule has 1 atom stereocenters. The SMILES string of the molecule is OC[C@@H]1CCCCN1Cc1nc(Cc2ccccc2)no1. The molecule has 5 heteroatoms. The molecule has 0 bridgehead atoms. The fourth-order valence-electron chi connectivity index (χ4n) is 2.85. The maximum absolute atomic E-state index is 9.43. The molecule has 1 N–H and O–H groups in total. The largest absolute Gasteiger partial charge is 0.395 e. The van der Waals surface area contributed by atoms with Gasteiger partial charge in [0, 0.05) is 12.5 Å². The van der Waals surface area contributed by atoms with Crippen molar-refractivity contribution in [1.82, 2.24) is 15.0 Å². The maximum atomic E-state index is 9.43. The number of benzene rings is 1. The van der Waals surface area contributed by atoms with Gasteiger partial charge in [-0.1, -0.05) is 41.9 Å². The van der Waals surface area contributed by atoms with Crippen LogP contribution in [0.4, 0.5) is 0 Å². The summed E-state index contributed by atoms with van der Waals surface area (Å²) in [6.07, 6.45) is 4.08. The zero-order valence-electron chi connectivity index (χ0n) is 12.1. The van der Waals surface area contributed by atoms with Gasteiger partial charge in [-0.3, -0.25) is 4.90 Å². The molecule has 2 heterocycles. The molecule has 1 saturated heterocycles. The maximum Gasteiger partial charge on any atom is 0.240 e. The first-order chi connectivity index (χ1) is 10.3. The Labute approximate surface area is 124 Å². The molecule has 2 aromatic rings. The van der Waals surface area contributed by atoms with Gasteiger partial charge in [0.25, 0.3) is 0 Å². The van der Waals surface area contributed by atoms with Crippen molar-refractivity contribution in [3.63, 3.8) is 0 Å². The number of aliphatic hydroxyl groups excluding tert-OH is 1. The Morgan fingerprint density at radius 1 is 1.24 bits per heavy atom. The molecular weight excluding hydrogens is 266 g/mol. The Hall–Kier alpha value is -1.72. The lowest BCUT2D eigenvalue weighted by Gasteiger charge is -2.33. The fraction of sp³-hybridized carbons (Fsp3) is 0.500. The molecule has 1 aliphatic heterocycles. The van der Waals surface area contributed by atoms with Crippen LogP contribution in [0.25, 0.3) is 0 Å². The summed E-state index contributed by atoms with van der Waals surface area (Å²) in [5.74, 6) is 1.36. The van der Waals surface area contributed by atoms with Crippen LogP contribution in [0.1, 0.15) is 36.5 Å². The third kappa shape index (κ3) is 3.68. The van der Waals surface area contributed by atoms with Crippen molar-refractivity contribution >= 4 is 0 Å². The van der Waals surface area contributed by atoms with Crippen LogP contribution in [0, 0.1) is 0 Å². The lowest BCUT2D eigenvalue weighted by atomic mass is 10.0. The molecule has 1 fully saturated rings. The Bertz CT molecular complexity index is 556. The van der Waals surface area contributed by atoms with Gasteiger partial charge in [0.15, 0.2) is 5.82 Å². The number of nitrogens with zero attached hydrogens (tertiary/aromatic N) is 3. The molecular formula is C16H21N3O2. The van der Waals surface area contributed by atoms with E-state index in [0.717, 1.165) is 13.0 Å². The van der Waals surface area contributed by atoms with Gasteiger partial charge in [0.05, 0.1) is 13.2 Å². The first-order valence-electron chi connectivity index (χ1n) is 7.55. The Balaban J connectivity index is 1.62. The minimum atomic E-state index is 0.199. The molecule has 112 valence electrons. The lowest BCUT2D eigenvalue weighted by molar-refractivity contribution is 0.0749. The van der Waals surface area contributed by atoms with Crippen LogP contribution < -0.4 is 0 Å². The summed E-state index contributed by atoms with van der Waals surface area (Å²) >= 11 is 0. The van der Waals surface area contributed by atoms with Gasteiger partial charge in [0.1, 0.15) is 0 Å². The number of rotatable bonds is 5. The number of aliphatic hydroxyl groups is 1. The Kier molecular flexibility index (Phi) is 4.62. The second kappa shape index (κ2) is 6.83. The number of hydrogen-bond donors (Lipinski definition) is 1. The van der Waals surface area contributed by atoms with E-state index < -0.39 is 0 Å². The Morgan fingerprint density at radius 2 is 2.10 bits per heavy atom. The summed E-state index contributed by atoms with van der Waals surface area (Å²) in [4.78, 5) is 6.71. The van der Waals surface area contributed by atoms with E-state index in [9.17, 15) is 5.11 Å². The highest BCUT2D eigenvalue weighted by Crippen LogP contribution is 2.19. The normalized spacial score (nSPS) is 19.8. The van der Waals surface area contributed by atoms with Gasteiger partial charge in [-0.25, -0.2) is 0 Å². The quantitative estimate of drug-likeness (QED) is 0.911. The van der Waals surface area contributed by atoms with Crippen LogP contribution in [0.15, 0.2) is 34.9 Å². The van der Waals surface area contributed by atoms with E-state index in [1.807, 2.05) is 18.2 Å². The number of hydrogen-bond acceptors (Lipinski definition) is 5. The molecule has 21 heavy (non-hydrogen) atoms. The Morgan fingerprint density at radius 3 is 2.90 bits per heavy atom. The highest BCUT2D eigenvalue weighted by Gasteiger charge is 2.23. The minimum Gasteiger partial charge on any atom is -0.395 e. The van der Waals surface area contributed by atoms with E-state index in [2.05, 4.69) is 27.2 Å². The van der Waals surface area contributed by atoms with Crippen molar-refractivity contribution in [1.29, 1.82) is 0 Å². The molecule has 0 saturated carbocycles. The van der Waals surface area contributed by atoms with Crippen molar-refractivity contribution in [2.24, 2.45) is 0 Å². The van der Waals surface area contributed by atoms with Crippen LogP contribution in [0.2, 0.25) is 0 Å². The number of aromatic nitrogens is 2. The molecule has 0 spiro atoms. The van der Waals surface area contributed by atoms with E-state index in [-0.39, 0.29) is 12.6 Å². The first-order valence-corrected chi connectivity index (χ1v) is 7.55. The van der Waals surface area contributed by atoms with E-state index in [1.54, 1.807) is 0 Å². The van der Waals surface area contributed by atoms with E-state index in [0.29, 0.717) is 24.7 Å². The predicted molar refractivity (Wildman–Crippen MR) is 78.7 cm³/mol. The fourth-order valence-corrected chi connectivity index (χ4v) is 2.85. The lowest BCUT2D eigenvalue weighted by Crippen LogP contribution is -2.41. The van der Waals surface area contributed by atoms with Crippen LogP contribution >= 0.6 is 0 Å². The molecule has 1 aliphatic rings. The van der Waals surface area contributed by atoms with Crippen LogP contribution in [-0.2, 0) is 13.0 Å². The second-order valence-electron chi connectivity index (χ2n) is 5.57. The highest BCUT2D eigenvalue weighted by atomic mass is 16.5. The van der Waals surface area contributed by atoms with Gasteiger partial charge in [-0.05, 0) is 24.9 Å². The van der Waals surface area contributed by atoms with E-state index >= 15 is 0 Å². The summed E-state index contributed by atoms with van der Waals surface area (Å²) in [6, 6.07) is 10.4. The number of likely N-dealkylation sites (tertiary alicyclic amines) is 1. The zero-order chi connectivity index (χ0) is 14.5. The van der Waals surface area contributed by atoms with Gasteiger partial charge in [-0.15, -0.1) is 0 Å². The summed E-state index contributed by atoms with van der Waals surface area (Å²) in [7, 11) is 0. The van der Waals surface area contributed by atoms with Crippen LogP contribution in [0.3, 0.4) is 0 Å². The molecule has 1 aromatic carbocycles. The molecule has 0 radical (unpaired) electrons. The summed E-state index contributed by atoms with van der Waals surface area (Å²) in [6.45, 7) is 1.82. The van der Waals surface area contributed by atoms with Crippen molar-refractivity contribution in [2.45, 2.75) is 38.3 Å². The zero-order valence-corrected chi connectivity index (χ0v) is 12.1. The van der Waals surface area contributed by atoms with E-state index in [4.69, 9.17) is 4.52 Å². The van der Waals surface area contributed by atoms with Crippen LogP contribution in [0.5, 0.6) is 0 Å². The summed E-state index contributed by atoms with van der Waals surface area (Å²) in [5.41, 5.74) is 1.18. The summed E-state index contributed by atoms with van der Waals surface area (Å²) < 4.78 is 5.35. The average Bonchev–Trinajstić information content (AvgIpc) is 2.96. The third-order valence-corrected chi connectivity index (χ3v) is 4.01. The monoisotopic (exact) mass is 287 g/mol. The van der Waals surface area contributed by atoms with E-state index in [1.165, 1.54) is 18.4 Å². The van der Waals surface area contributed by atoms with Crippen molar-refractivity contribution < 1.29 is 9.63 Å². The van der Waals surface area contributed by atoms with Crippen molar-refractivity contribution in [2.75, 3.05) is 13.2 Å². The molecule has 0 unspecified atom stereocenters. The van der Waals surface area contributed by atoms with Crippen molar-refractivity contribution in [3.05, 3.63) is 47.6 Å². The number of piperidine rings is 1. The second-order valence-corrected chi connectivity index (χ2v) is 5.57.